The van der Waals surface area contributed by atoms with Crippen molar-refractivity contribution >= 4 is 27.5 Å². The highest BCUT2D eigenvalue weighted by Gasteiger charge is 2.19. The smallest absolute Gasteiger partial charge is 0.268 e. The number of fused-ring (bicyclic) bond motifs is 1. The largest absolute Gasteiger partial charge is 0.376 e. The number of hydrogen-bond donors (Lipinski definition) is 1. The molecule has 1 amide bonds. The Bertz CT molecular complexity index is 581. The van der Waals surface area contributed by atoms with E-state index >= 15 is 0 Å². The Hall–Kier alpha value is -1.33. The van der Waals surface area contributed by atoms with Gasteiger partial charge in [0, 0.05) is 19.7 Å². The van der Waals surface area contributed by atoms with Crippen LogP contribution >= 0.6 is 11.3 Å². The summed E-state index contributed by atoms with van der Waals surface area (Å²) in [5, 5.41) is 5.05. The molecule has 1 N–H and O–H groups in total. The summed E-state index contributed by atoms with van der Waals surface area (Å²) >= 11 is 1.67. The van der Waals surface area contributed by atoms with Crippen molar-refractivity contribution in [1.82, 2.24) is 9.88 Å². The van der Waals surface area contributed by atoms with E-state index < -0.39 is 0 Å². The molecule has 0 aromatic carbocycles. The predicted molar refractivity (Wildman–Crippen MR) is 76.8 cm³/mol. The van der Waals surface area contributed by atoms with Crippen LogP contribution in [-0.2, 0) is 11.3 Å². The van der Waals surface area contributed by atoms with Crippen LogP contribution in [0.3, 0.4) is 0 Å². The van der Waals surface area contributed by atoms with Crippen molar-refractivity contribution in [2.75, 3.05) is 13.2 Å². The van der Waals surface area contributed by atoms with Gasteiger partial charge in [-0.15, -0.1) is 11.3 Å². The molecular weight excluding hydrogens is 260 g/mol. The Morgan fingerprint density at radius 1 is 1.63 bits per heavy atom. The second kappa shape index (κ2) is 5.35. The van der Waals surface area contributed by atoms with E-state index in [1.807, 2.05) is 6.07 Å². The molecule has 1 aliphatic heterocycles. The summed E-state index contributed by atoms with van der Waals surface area (Å²) in [5.74, 6) is 0.000694. The monoisotopic (exact) mass is 278 g/mol. The van der Waals surface area contributed by atoms with Gasteiger partial charge in [-0.1, -0.05) is 0 Å². The summed E-state index contributed by atoms with van der Waals surface area (Å²) < 4.78 is 8.76. The topological polar surface area (TPSA) is 43.3 Å². The van der Waals surface area contributed by atoms with Gasteiger partial charge in [0.1, 0.15) is 5.69 Å². The summed E-state index contributed by atoms with van der Waals surface area (Å²) in [7, 11) is 0. The number of carbonyl (C=O) groups is 1. The summed E-state index contributed by atoms with van der Waals surface area (Å²) in [6.07, 6.45) is 2.33. The molecule has 19 heavy (non-hydrogen) atoms. The fraction of sp³-hybridized carbons (Fsp3) is 0.500. The Kier molecular flexibility index (Phi) is 3.57. The van der Waals surface area contributed by atoms with Crippen LogP contribution in [0.1, 0.15) is 30.3 Å². The first-order valence-corrected chi connectivity index (χ1v) is 7.64. The molecule has 5 heteroatoms. The lowest BCUT2D eigenvalue weighted by atomic mass is 10.2. The number of aromatic nitrogens is 1. The lowest BCUT2D eigenvalue weighted by molar-refractivity contribution is 0.0850. The minimum atomic E-state index is 0.000694. The normalized spacial score (nSPS) is 19.1. The molecule has 0 saturated carbocycles. The van der Waals surface area contributed by atoms with Gasteiger partial charge < -0.3 is 14.6 Å². The number of amides is 1. The van der Waals surface area contributed by atoms with Gasteiger partial charge in [0.15, 0.2) is 0 Å². The summed E-state index contributed by atoms with van der Waals surface area (Å²) in [6, 6.07) is 4.05. The van der Waals surface area contributed by atoms with Crippen LogP contribution in [-0.4, -0.2) is 29.7 Å². The molecule has 1 unspecified atom stereocenters. The maximum Gasteiger partial charge on any atom is 0.268 e. The Labute approximate surface area is 116 Å². The molecule has 2 aromatic rings. The number of aryl methyl sites for hydroxylation is 1. The number of nitrogens with zero attached hydrogens (tertiary/aromatic N) is 1. The molecule has 1 fully saturated rings. The number of rotatable bonds is 4. The minimum absolute atomic E-state index is 0.000694. The number of hydrogen-bond acceptors (Lipinski definition) is 3. The van der Waals surface area contributed by atoms with E-state index in [2.05, 4.69) is 28.3 Å². The molecule has 1 aliphatic rings. The summed E-state index contributed by atoms with van der Waals surface area (Å²) in [4.78, 5) is 12.3. The van der Waals surface area contributed by atoms with Crippen LogP contribution < -0.4 is 5.32 Å². The molecule has 3 rings (SSSR count). The lowest BCUT2D eigenvalue weighted by Crippen LogP contribution is -2.32. The zero-order valence-corrected chi connectivity index (χ0v) is 11.8. The van der Waals surface area contributed by atoms with Crippen molar-refractivity contribution in [3.63, 3.8) is 0 Å². The predicted octanol–water partition coefficient (Wildman–Crippen LogP) is 2.63. The van der Waals surface area contributed by atoms with Crippen molar-refractivity contribution in [2.45, 2.75) is 32.4 Å². The van der Waals surface area contributed by atoms with E-state index in [9.17, 15) is 4.79 Å². The molecule has 1 atom stereocenters. The van der Waals surface area contributed by atoms with Gasteiger partial charge in [0.25, 0.3) is 5.91 Å². The summed E-state index contributed by atoms with van der Waals surface area (Å²) in [5.41, 5.74) is 1.90. The molecule has 3 heterocycles. The summed E-state index contributed by atoms with van der Waals surface area (Å²) in [6.45, 7) is 4.31. The highest BCUT2D eigenvalue weighted by Crippen LogP contribution is 2.25. The third-order valence-electron chi connectivity index (χ3n) is 3.59. The molecule has 0 aliphatic carbocycles. The van der Waals surface area contributed by atoms with E-state index in [-0.39, 0.29) is 12.0 Å². The van der Waals surface area contributed by atoms with Crippen molar-refractivity contribution in [3.8, 4) is 0 Å². The Balaban J connectivity index is 1.74. The average molecular weight is 278 g/mol. The second-order valence-electron chi connectivity index (χ2n) is 4.79. The zero-order valence-electron chi connectivity index (χ0n) is 11.0. The van der Waals surface area contributed by atoms with Gasteiger partial charge in [-0.05, 0) is 37.3 Å². The molecule has 1 saturated heterocycles. The number of nitrogens with one attached hydrogen (secondary N) is 1. The van der Waals surface area contributed by atoms with E-state index in [0.29, 0.717) is 6.54 Å². The average Bonchev–Trinajstić information content (AvgIpc) is 3.11. The van der Waals surface area contributed by atoms with Crippen molar-refractivity contribution in [2.24, 2.45) is 0 Å². The highest BCUT2D eigenvalue weighted by molar-refractivity contribution is 7.17. The van der Waals surface area contributed by atoms with Crippen LogP contribution in [0.25, 0.3) is 10.2 Å². The SMILES string of the molecule is CCn1c(C(=O)NCC2CCCO2)cc2sccc21. The zero-order chi connectivity index (χ0) is 13.2. The van der Waals surface area contributed by atoms with E-state index in [1.54, 1.807) is 11.3 Å². The van der Waals surface area contributed by atoms with E-state index in [0.717, 1.165) is 37.2 Å². The Morgan fingerprint density at radius 3 is 3.26 bits per heavy atom. The van der Waals surface area contributed by atoms with Gasteiger partial charge >= 0.3 is 0 Å². The van der Waals surface area contributed by atoms with Gasteiger partial charge in [-0.3, -0.25) is 4.79 Å². The minimum Gasteiger partial charge on any atom is -0.376 e. The maximum atomic E-state index is 12.3. The third kappa shape index (κ3) is 2.40. The van der Waals surface area contributed by atoms with E-state index in [4.69, 9.17) is 4.74 Å². The van der Waals surface area contributed by atoms with Crippen LogP contribution in [0.2, 0.25) is 0 Å². The van der Waals surface area contributed by atoms with Crippen molar-refractivity contribution in [1.29, 1.82) is 0 Å². The fourth-order valence-corrected chi connectivity index (χ4v) is 3.43. The first kappa shape index (κ1) is 12.7. The standard InChI is InChI=1S/C14H18N2O2S/c1-2-16-11-5-7-19-13(11)8-12(16)14(17)15-9-10-4-3-6-18-10/h5,7-8,10H,2-4,6,9H2,1H3,(H,15,17). The number of ether oxygens (including phenoxy) is 1. The number of carbonyl (C=O) groups excluding carboxylic acids is 1. The molecule has 0 spiro atoms. The maximum absolute atomic E-state index is 12.3. The van der Waals surface area contributed by atoms with Gasteiger partial charge in [-0.2, -0.15) is 0 Å². The van der Waals surface area contributed by atoms with Crippen LogP contribution in [0.4, 0.5) is 0 Å². The lowest BCUT2D eigenvalue weighted by Gasteiger charge is -2.12. The molecule has 0 bridgehead atoms. The molecule has 102 valence electrons. The van der Waals surface area contributed by atoms with Crippen molar-refractivity contribution < 1.29 is 9.53 Å². The van der Waals surface area contributed by atoms with Gasteiger partial charge in [0.2, 0.25) is 0 Å². The second-order valence-corrected chi connectivity index (χ2v) is 5.74. The molecule has 4 nitrogen and oxygen atoms in total. The molecule has 0 radical (unpaired) electrons. The first-order valence-electron chi connectivity index (χ1n) is 6.76. The van der Waals surface area contributed by atoms with E-state index in [1.165, 1.54) is 4.70 Å². The van der Waals surface area contributed by atoms with Crippen LogP contribution in [0, 0.1) is 0 Å². The highest BCUT2D eigenvalue weighted by atomic mass is 32.1. The molecular formula is C14H18N2O2S. The Morgan fingerprint density at radius 2 is 2.53 bits per heavy atom. The van der Waals surface area contributed by atoms with Gasteiger partial charge in [0.05, 0.1) is 16.3 Å². The van der Waals surface area contributed by atoms with Crippen LogP contribution in [0.15, 0.2) is 17.5 Å². The van der Waals surface area contributed by atoms with Crippen molar-refractivity contribution in [3.05, 3.63) is 23.2 Å². The fourth-order valence-electron chi connectivity index (χ4n) is 2.61. The number of thiophene rings is 1. The van der Waals surface area contributed by atoms with Crippen LogP contribution in [0.5, 0.6) is 0 Å². The quantitative estimate of drug-likeness (QED) is 0.934. The first-order chi connectivity index (χ1) is 9.29. The third-order valence-corrected chi connectivity index (χ3v) is 4.44. The van der Waals surface area contributed by atoms with Gasteiger partial charge in [-0.25, -0.2) is 0 Å². The molecule has 2 aromatic heterocycles.